The fraction of sp³-hybridized carbons (Fsp3) is 0.263. The number of fused-ring (bicyclic) bond motifs is 1. The molecule has 1 aliphatic heterocycles. The Morgan fingerprint density at radius 2 is 2.13 bits per heavy atom. The van der Waals surface area contributed by atoms with Gasteiger partial charge < -0.3 is 10.6 Å². The first-order chi connectivity index (χ1) is 11.2. The molecule has 2 aromatic carbocycles. The first kappa shape index (κ1) is 14.2. The summed E-state index contributed by atoms with van der Waals surface area (Å²) in [4.78, 5) is 11.9. The number of hydrogen-bond donors (Lipinski definition) is 1. The van der Waals surface area contributed by atoms with Crippen LogP contribution >= 0.6 is 0 Å². The van der Waals surface area contributed by atoms with Crippen molar-refractivity contribution in [3.8, 4) is 11.4 Å². The van der Waals surface area contributed by atoms with Gasteiger partial charge in [0.1, 0.15) is 5.82 Å². The van der Waals surface area contributed by atoms with E-state index in [2.05, 4.69) is 36.1 Å². The Labute approximate surface area is 136 Å². The highest BCUT2D eigenvalue weighted by atomic mass is 15.2. The molecule has 1 saturated heterocycles. The van der Waals surface area contributed by atoms with Gasteiger partial charge in [-0.25, -0.2) is 9.97 Å². The smallest absolute Gasteiger partial charge is 0.162 e. The van der Waals surface area contributed by atoms with E-state index in [1.807, 2.05) is 24.3 Å². The van der Waals surface area contributed by atoms with Gasteiger partial charge in [-0.05, 0) is 37.1 Å². The lowest BCUT2D eigenvalue weighted by atomic mass is 10.1. The molecule has 23 heavy (non-hydrogen) atoms. The molecule has 4 rings (SSSR count). The van der Waals surface area contributed by atoms with E-state index in [1.165, 1.54) is 5.56 Å². The van der Waals surface area contributed by atoms with E-state index in [-0.39, 0.29) is 6.04 Å². The zero-order valence-electron chi connectivity index (χ0n) is 13.2. The van der Waals surface area contributed by atoms with Crippen LogP contribution in [0.3, 0.4) is 0 Å². The summed E-state index contributed by atoms with van der Waals surface area (Å²) in [6.45, 7) is 3.87. The van der Waals surface area contributed by atoms with Crippen LogP contribution in [0.1, 0.15) is 12.0 Å². The molecule has 2 heterocycles. The standard InChI is InChI=1S/C19H19N4/c1-13-7-8-16-17(11-13)21-18(14-5-3-2-4-6-14)22-19(16)23-10-9-15(20)12-23/h2-5,7-8,11,15H,9-10,12,20H2,1H3/t15-/m1/s1. The van der Waals surface area contributed by atoms with Gasteiger partial charge in [-0.15, -0.1) is 0 Å². The zero-order valence-corrected chi connectivity index (χ0v) is 13.2. The molecule has 0 unspecified atom stereocenters. The van der Waals surface area contributed by atoms with Gasteiger partial charge in [0.05, 0.1) is 5.52 Å². The minimum absolute atomic E-state index is 0.220. The summed E-state index contributed by atoms with van der Waals surface area (Å²) in [6.07, 6.45) is 1.00. The molecule has 0 saturated carbocycles. The lowest BCUT2D eigenvalue weighted by Gasteiger charge is -2.20. The fourth-order valence-electron chi connectivity index (χ4n) is 3.10. The molecule has 0 spiro atoms. The van der Waals surface area contributed by atoms with Crippen LogP contribution in [0.15, 0.2) is 42.5 Å². The van der Waals surface area contributed by atoms with Gasteiger partial charge in [0.15, 0.2) is 5.82 Å². The van der Waals surface area contributed by atoms with E-state index in [4.69, 9.17) is 15.7 Å². The van der Waals surface area contributed by atoms with E-state index in [0.29, 0.717) is 0 Å². The van der Waals surface area contributed by atoms with Gasteiger partial charge in [0.2, 0.25) is 0 Å². The van der Waals surface area contributed by atoms with E-state index in [0.717, 1.165) is 47.6 Å². The predicted molar refractivity (Wildman–Crippen MR) is 93.4 cm³/mol. The highest BCUT2D eigenvalue weighted by Gasteiger charge is 2.23. The third-order valence-electron chi connectivity index (χ3n) is 4.31. The molecule has 1 aliphatic rings. The van der Waals surface area contributed by atoms with Crippen molar-refractivity contribution in [2.75, 3.05) is 18.0 Å². The number of aromatic nitrogens is 2. The number of hydrogen-bond acceptors (Lipinski definition) is 4. The first-order valence-electron chi connectivity index (χ1n) is 7.97. The third kappa shape index (κ3) is 2.66. The molecule has 0 amide bonds. The van der Waals surface area contributed by atoms with Crippen LogP contribution < -0.4 is 10.6 Å². The highest BCUT2D eigenvalue weighted by Crippen LogP contribution is 2.29. The van der Waals surface area contributed by atoms with Crippen molar-refractivity contribution in [3.05, 3.63) is 54.1 Å². The lowest BCUT2D eigenvalue weighted by Crippen LogP contribution is -2.27. The van der Waals surface area contributed by atoms with Crippen molar-refractivity contribution in [1.82, 2.24) is 9.97 Å². The van der Waals surface area contributed by atoms with E-state index >= 15 is 0 Å². The largest absolute Gasteiger partial charge is 0.354 e. The summed E-state index contributed by atoms with van der Waals surface area (Å²) < 4.78 is 0. The molecule has 1 radical (unpaired) electrons. The lowest BCUT2D eigenvalue weighted by molar-refractivity contribution is 0.751. The topological polar surface area (TPSA) is 55.0 Å². The maximum absolute atomic E-state index is 6.09. The number of nitrogens with zero attached hydrogens (tertiary/aromatic N) is 3. The average Bonchev–Trinajstić information content (AvgIpc) is 3.00. The van der Waals surface area contributed by atoms with Crippen molar-refractivity contribution >= 4 is 16.7 Å². The highest BCUT2D eigenvalue weighted by molar-refractivity contribution is 5.91. The molecule has 1 atom stereocenters. The number of aryl methyl sites for hydroxylation is 1. The molecule has 0 bridgehead atoms. The fourth-order valence-corrected chi connectivity index (χ4v) is 3.10. The normalized spacial score (nSPS) is 17.8. The summed E-state index contributed by atoms with van der Waals surface area (Å²) in [6, 6.07) is 17.6. The van der Waals surface area contributed by atoms with Crippen LogP contribution in [0, 0.1) is 13.0 Å². The Morgan fingerprint density at radius 1 is 1.22 bits per heavy atom. The molecular weight excluding hydrogens is 284 g/mol. The zero-order chi connectivity index (χ0) is 15.8. The Hall–Kier alpha value is -2.46. The monoisotopic (exact) mass is 303 g/mol. The Balaban J connectivity index is 1.92. The number of rotatable bonds is 2. The summed E-state index contributed by atoms with van der Waals surface area (Å²) in [5.74, 6) is 1.70. The number of nitrogens with two attached hydrogens (primary N) is 1. The summed E-state index contributed by atoms with van der Waals surface area (Å²) in [5.41, 5.74) is 9.18. The van der Waals surface area contributed by atoms with Crippen molar-refractivity contribution in [1.29, 1.82) is 0 Å². The van der Waals surface area contributed by atoms with Crippen LogP contribution in [0.4, 0.5) is 5.82 Å². The van der Waals surface area contributed by atoms with Crippen LogP contribution in [0.25, 0.3) is 22.3 Å². The van der Waals surface area contributed by atoms with Gasteiger partial charge in [-0.3, -0.25) is 0 Å². The summed E-state index contributed by atoms with van der Waals surface area (Å²) in [5, 5.41) is 1.09. The molecule has 4 nitrogen and oxygen atoms in total. The van der Waals surface area contributed by atoms with Gasteiger partial charge in [-0.2, -0.15) is 0 Å². The van der Waals surface area contributed by atoms with Crippen LogP contribution in [0.2, 0.25) is 0 Å². The van der Waals surface area contributed by atoms with E-state index < -0.39 is 0 Å². The quantitative estimate of drug-likeness (QED) is 0.791. The van der Waals surface area contributed by atoms with E-state index in [9.17, 15) is 0 Å². The maximum Gasteiger partial charge on any atom is 0.162 e. The van der Waals surface area contributed by atoms with Crippen LogP contribution in [0.5, 0.6) is 0 Å². The minimum Gasteiger partial charge on any atom is -0.354 e. The molecule has 2 N–H and O–H groups in total. The molecule has 3 aromatic rings. The summed E-state index contributed by atoms with van der Waals surface area (Å²) in [7, 11) is 0. The van der Waals surface area contributed by atoms with E-state index in [1.54, 1.807) is 0 Å². The third-order valence-corrected chi connectivity index (χ3v) is 4.31. The second-order valence-corrected chi connectivity index (χ2v) is 6.16. The SMILES string of the molecule is Cc1ccc2c(N3CC[C@@H](N)C3)nc(-c3[c]cccc3)nc2c1. The predicted octanol–water partition coefficient (Wildman–Crippen LogP) is 2.94. The average molecular weight is 303 g/mol. The van der Waals surface area contributed by atoms with Crippen molar-refractivity contribution in [2.24, 2.45) is 5.73 Å². The Bertz CT molecular complexity index is 845. The van der Waals surface area contributed by atoms with Gasteiger partial charge in [0.25, 0.3) is 0 Å². The van der Waals surface area contributed by atoms with Crippen molar-refractivity contribution < 1.29 is 0 Å². The van der Waals surface area contributed by atoms with Crippen molar-refractivity contribution in [3.63, 3.8) is 0 Å². The van der Waals surface area contributed by atoms with Gasteiger partial charge in [-0.1, -0.05) is 30.3 Å². The molecule has 1 fully saturated rings. The second-order valence-electron chi connectivity index (χ2n) is 6.16. The minimum atomic E-state index is 0.220. The maximum atomic E-state index is 6.09. The molecule has 0 aliphatic carbocycles. The van der Waals surface area contributed by atoms with Crippen molar-refractivity contribution in [2.45, 2.75) is 19.4 Å². The number of benzene rings is 2. The number of anilines is 1. The Morgan fingerprint density at radius 3 is 2.87 bits per heavy atom. The molecular formula is C19H19N4. The Kier molecular flexibility index (Phi) is 3.46. The molecule has 4 heteroatoms. The summed E-state index contributed by atoms with van der Waals surface area (Å²) >= 11 is 0. The van der Waals surface area contributed by atoms with Crippen LogP contribution in [-0.4, -0.2) is 29.1 Å². The van der Waals surface area contributed by atoms with Crippen LogP contribution in [-0.2, 0) is 0 Å². The molecule has 1 aromatic heterocycles. The molecule has 115 valence electrons. The van der Waals surface area contributed by atoms with Gasteiger partial charge >= 0.3 is 0 Å². The van der Waals surface area contributed by atoms with Gasteiger partial charge in [0, 0.05) is 30.1 Å². The first-order valence-corrected chi connectivity index (χ1v) is 7.97. The second kappa shape index (κ2) is 5.63.